The Bertz CT molecular complexity index is 969. The summed E-state index contributed by atoms with van der Waals surface area (Å²) in [5.74, 6) is -6.08. The summed E-state index contributed by atoms with van der Waals surface area (Å²) in [6.45, 7) is -0.930. The Morgan fingerprint density at radius 3 is 1.83 bits per heavy atom. The fourth-order valence-corrected chi connectivity index (χ4v) is 2.95. The standard InChI is InChI=1S/C21H30N6O9/c22-12(8-17(24)31)18(32)25-13(5-6-16(23)30)19(33)27-15(9-28)20(34)26-14(21(35)36)7-10-1-3-11(29)4-2-10/h1-4,12-15,28-29H,5-9,22H2,(H2,23,30)(H2,24,31)(H,25,32)(H,26,34)(H,27,33)(H,35,36). The van der Waals surface area contributed by atoms with Gasteiger partial charge in [-0.1, -0.05) is 12.1 Å². The summed E-state index contributed by atoms with van der Waals surface area (Å²) in [4.78, 5) is 71.2. The molecule has 0 saturated heterocycles. The van der Waals surface area contributed by atoms with Crippen molar-refractivity contribution in [2.24, 2.45) is 17.2 Å². The van der Waals surface area contributed by atoms with Crippen molar-refractivity contribution in [1.82, 2.24) is 16.0 Å². The number of hydrogen-bond acceptors (Lipinski definition) is 9. The lowest BCUT2D eigenvalue weighted by Gasteiger charge is -2.24. The Balaban J connectivity index is 2.91. The van der Waals surface area contributed by atoms with Gasteiger partial charge < -0.3 is 48.5 Å². The fourth-order valence-electron chi connectivity index (χ4n) is 2.95. The third kappa shape index (κ3) is 10.4. The number of carboxylic acid groups (broad SMARTS) is 1. The summed E-state index contributed by atoms with van der Waals surface area (Å²) in [6.07, 6.45) is -1.32. The zero-order valence-corrected chi connectivity index (χ0v) is 19.2. The lowest BCUT2D eigenvalue weighted by atomic mass is 10.0. The minimum Gasteiger partial charge on any atom is -0.508 e. The first kappa shape index (κ1) is 29.8. The van der Waals surface area contributed by atoms with Crippen LogP contribution in [0.1, 0.15) is 24.8 Å². The molecular weight excluding hydrogens is 480 g/mol. The maximum atomic E-state index is 12.7. The molecule has 1 rings (SSSR count). The molecule has 12 N–H and O–H groups in total. The van der Waals surface area contributed by atoms with E-state index in [1.54, 1.807) is 0 Å². The number of phenolic OH excluding ortho intramolecular Hbond substituents is 1. The van der Waals surface area contributed by atoms with Crippen molar-refractivity contribution < 1.29 is 44.1 Å². The average Bonchev–Trinajstić information content (AvgIpc) is 2.79. The van der Waals surface area contributed by atoms with E-state index in [1.807, 2.05) is 0 Å². The van der Waals surface area contributed by atoms with Crippen molar-refractivity contribution >= 4 is 35.5 Å². The van der Waals surface area contributed by atoms with Crippen LogP contribution >= 0.6 is 0 Å². The van der Waals surface area contributed by atoms with Gasteiger partial charge in [-0.3, -0.25) is 24.0 Å². The number of phenols is 1. The van der Waals surface area contributed by atoms with Crippen LogP contribution in [0.15, 0.2) is 24.3 Å². The topological polar surface area (TPSA) is 277 Å². The van der Waals surface area contributed by atoms with Crippen LogP contribution in [-0.4, -0.2) is 81.6 Å². The third-order valence-electron chi connectivity index (χ3n) is 4.88. The smallest absolute Gasteiger partial charge is 0.326 e. The normalized spacial score (nSPS) is 13.9. The molecule has 0 aliphatic carbocycles. The van der Waals surface area contributed by atoms with Gasteiger partial charge in [0.05, 0.1) is 19.1 Å². The second-order valence-corrected chi connectivity index (χ2v) is 7.86. The summed E-state index contributed by atoms with van der Waals surface area (Å²) in [6, 6.07) is -0.296. The number of carbonyl (C=O) groups excluding carboxylic acids is 5. The molecule has 0 bridgehead atoms. The molecule has 0 heterocycles. The van der Waals surface area contributed by atoms with Crippen molar-refractivity contribution in [3.8, 4) is 5.75 Å². The van der Waals surface area contributed by atoms with Crippen LogP contribution < -0.4 is 33.2 Å². The van der Waals surface area contributed by atoms with Gasteiger partial charge in [0.15, 0.2) is 0 Å². The minimum atomic E-state index is -1.62. The highest BCUT2D eigenvalue weighted by Crippen LogP contribution is 2.11. The van der Waals surface area contributed by atoms with Crippen LogP contribution in [0.5, 0.6) is 5.75 Å². The summed E-state index contributed by atoms with van der Waals surface area (Å²) in [5, 5.41) is 35.0. The zero-order chi connectivity index (χ0) is 27.4. The van der Waals surface area contributed by atoms with Gasteiger partial charge in [0.25, 0.3) is 0 Å². The van der Waals surface area contributed by atoms with Gasteiger partial charge in [0, 0.05) is 12.8 Å². The molecule has 0 spiro atoms. The molecule has 0 aliphatic rings. The monoisotopic (exact) mass is 510 g/mol. The number of amides is 5. The van der Waals surface area contributed by atoms with E-state index >= 15 is 0 Å². The van der Waals surface area contributed by atoms with Gasteiger partial charge in [0.2, 0.25) is 29.5 Å². The van der Waals surface area contributed by atoms with Crippen LogP contribution in [-0.2, 0) is 35.2 Å². The average molecular weight is 511 g/mol. The Morgan fingerprint density at radius 2 is 1.33 bits per heavy atom. The van der Waals surface area contributed by atoms with Crippen LogP contribution in [0.4, 0.5) is 0 Å². The molecule has 198 valence electrons. The number of aliphatic hydroxyl groups is 1. The van der Waals surface area contributed by atoms with Crippen LogP contribution in [0, 0.1) is 0 Å². The van der Waals surface area contributed by atoms with Gasteiger partial charge in [0.1, 0.15) is 23.9 Å². The highest BCUT2D eigenvalue weighted by Gasteiger charge is 2.30. The van der Waals surface area contributed by atoms with Gasteiger partial charge in [-0.05, 0) is 24.1 Å². The van der Waals surface area contributed by atoms with E-state index in [4.69, 9.17) is 17.2 Å². The van der Waals surface area contributed by atoms with E-state index in [9.17, 15) is 44.1 Å². The van der Waals surface area contributed by atoms with Gasteiger partial charge >= 0.3 is 5.97 Å². The van der Waals surface area contributed by atoms with Crippen molar-refractivity contribution in [3.05, 3.63) is 29.8 Å². The molecule has 15 nitrogen and oxygen atoms in total. The SMILES string of the molecule is NC(=O)CCC(NC(=O)C(N)CC(N)=O)C(=O)NC(CO)C(=O)NC(Cc1ccc(O)cc1)C(=O)O. The molecule has 4 atom stereocenters. The molecule has 36 heavy (non-hydrogen) atoms. The second kappa shape index (κ2) is 14.2. The molecule has 4 unspecified atom stereocenters. The number of carbonyl (C=O) groups is 6. The molecule has 0 radical (unpaired) electrons. The van der Waals surface area contributed by atoms with E-state index in [0.29, 0.717) is 5.56 Å². The number of aromatic hydroxyl groups is 1. The zero-order valence-electron chi connectivity index (χ0n) is 19.2. The van der Waals surface area contributed by atoms with Crippen LogP contribution in [0.2, 0.25) is 0 Å². The van der Waals surface area contributed by atoms with Gasteiger partial charge in [-0.2, -0.15) is 0 Å². The molecule has 0 fully saturated rings. The Hall–Kier alpha value is -4.24. The molecule has 15 heteroatoms. The van der Waals surface area contributed by atoms with Crippen molar-refractivity contribution in [2.75, 3.05) is 6.61 Å². The number of carboxylic acids is 1. The van der Waals surface area contributed by atoms with Crippen molar-refractivity contribution in [1.29, 1.82) is 0 Å². The number of aliphatic carboxylic acids is 1. The molecule has 0 saturated carbocycles. The number of nitrogens with two attached hydrogens (primary N) is 3. The molecule has 0 aromatic heterocycles. The summed E-state index contributed by atoms with van der Waals surface area (Å²) >= 11 is 0. The van der Waals surface area contributed by atoms with Crippen LogP contribution in [0.25, 0.3) is 0 Å². The second-order valence-electron chi connectivity index (χ2n) is 7.86. The van der Waals surface area contributed by atoms with E-state index < -0.39 is 72.7 Å². The maximum absolute atomic E-state index is 12.7. The highest BCUT2D eigenvalue weighted by atomic mass is 16.4. The number of benzene rings is 1. The predicted molar refractivity (Wildman–Crippen MR) is 123 cm³/mol. The summed E-state index contributed by atoms with van der Waals surface area (Å²) in [5.41, 5.74) is 16.1. The molecule has 0 aliphatic heterocycles. The summed E-state index contributed by atoms with van der Waals surface area (Å²) < 4.78 is 0. The Kier molecular flexibility index (Phi) is 11.8. The largest absolute Gasteiger partial charge is 0.508 e. The predicted octanol–water partition coefficient (Wildman–Crippen LogP) is -4.07. The highest BCUT2D eigenvalue weighted by molar-refractivity contribution is 5.95. The first-order valence-electron chi connectivity index (χ1n) is 10.7. The fraction of sp³-hybridized carbons (Fsp3) is 0.429. The Labute approximate surface area is 205 Å². The number of primary amides is 2. The van der Waals surface area contributed by atoms with E-state index in [-0.39, 0.29) is 25.0 Å². The lowest BCUT2D eigenvalue weighted by Crippen LogP contribution is -2.58. The van der Waals surface area contributed by atoms with E-state index in [2.05, 4.69) is 16.0 Å². The quantitative estimate of drug-likeness (QED) is 0.110. The maximum Gasteiger partial charge on any atom is 0.326 e. The van der Waals surface area contributed by atoms with Crippen LogP contribution in [0.3, 0.4) is 0 Å². The first-order valence-corrected chi connectivity index (χ1v) is 10.7. The first-order chi connectivity index (χ1) is 16.8. The van der Waals surface area contributed by atoms with Crippen molar-refractivity contribution in [2.45, 2.75) is 49.9 Å². The number of hydrogen-bond donors (Lipinski definition) is 9. The van der Waals surface area contributed by atoms with Crippen molar-refractivity contribution in [3.63, 3.8) is 0 Å². The summed E-state index contributed by atoms with van der Waals surface area (Å²) in [7, 11) is 0. The molecule has 1 aromatic carbocycles. The van der Waals surface area contributed by atoms with Gasteiger partial charge in [-0.15, -0.1) is 0 Å². The Morgan fingerprint density at radius 1 is 0.806 bits per heavy atom. The van der Waals surface area contributed by atoms with E-state index in [1.165, 1.54) is 24.3 Å². The number of rotatable bonds is 15. The minimum absolute atomic E-state index is 0.0359. The third-order valence-corrected chi connectivity index (χ3v) is 4.88. The number of nitrogens with one attached hydrogen (secondary N) is 3. The molecule has 5 amide bonds. The molecule has 1 aromatic rings. The van der Waals surface area contributed by atoms with Gasteiger partial charge in [-0.25, -0.2) is 4.79 Å². The molecular formula is C21H30N6O9. The van der Waals surface area contributed by atoms with E-state index in [0.717, 1.165) is 0 Å². The number of aliphatic hydroxyl groups excluding tert-OH is 1. The lowest BCUT2D eigenvalue weighted by molar-refractivity contribution is -0.142.